The summed E-state index contributed by atoms with van der Waals surface area (Å²) in [5.74, 6) is 1.24. The molecule has 0 fully saturated rings. The van der Waals surface area contributed by atoms with Crippen molar-refractivity contribution in [1.29, 1.82) is 0 Å². The molecule has 2 heterocycles. The van der Waals surface area contributed by atoms with Gasteiger partial charge in [0.25, 0.3) is 0 Å². The first-order valence-corrected chi connectivity index (χ1v) is 9.33. The fourth-order valence-corrected chi connectivity index (χ4v) is 4.02. The van der Waals surface area contributed by atoms with Gasteiger partial charge in [-0.1, -0.05) is 31.7 Å². The lowest BCUT2D eigenvalue weighted by atomic mass is 10.1. The summed E-state index contributed by atoms with van der Waals surface area (Å²) in [6.45, 7) is 8.49. The van der Waals surface area contributed by atoms with Crippen molar-refractivity contribution in [2.24, 2.45) is 0 Å². The topological polar surface area (TPSA) is 56.5 Å². The van der Waals surface area contributed by atoms with Gasteiger partial charge >= 0.3 is 0 Å². The maximum absolute atomic E-state index is 4.66. The molecule has 0 spiro atoms. The molecule has 5 nitrogen and oxygen atoms in total. The molecule has 0 radical (unpaired) electrons. The first-order chi connectivity index (χ1) is 11.0. The fourth-order valence-electron chi connectivity index (χ4n) is 2.30. The second kappa shape index (κ2) is 6.80. The van der Waals surface area contributed by atoms with Crippen LogP contribution in [-0.4, -0.2) is 25.2 Å². The Labute approximate surface area is 144 Å². The molecule has 0 aliphatic rings. The second-order valence-corrected chi connectivity index (χ2v) is 7.67. The Balaban J connectivity index is 1.78. The van der Waals surface area contributed by atoms with Gasteiger partial charge in [-0.3, -0.25) is 0 Å². The Kier molecular flexibility index (Phi) is 4.77. The molecule has 1 aromatic carbocycles. The van der Waals surface area contributed by atoms with E-state index in [0.29, 0.717) is 5.92 Å². The third-order valence-corrected chi connectivity index (χ3v) is 5.45. The second-order valence-electron chi connectivity index (χ2n) is 5.84. The minimum atomic E-state index is 0.472. The van der Waals surface area contributed by atoms with Crippen molar-refractivity contribution in [3.63, 3.8) is 0 Å². The fraction of sp³-hybridized carbons (Fsp3) is 0.375. The first-order valence-electron chi connectivity index (χ1n) is 7.47. The molecular formula is C16H19N5S2. The molecule has 3 aromatic rings. The van der Waals surface area contributed by atoms with Gasteiger partial charge in [-0.05, 0) is 47.5 Å². The van der Waals surface area contributed by atoms with Crippen LogP contribution in [0.3, 0.4) is 0 Å². The van der Waals surface area contributed by atoms with Crippen molar-refractivity contribution in [1.82, 2.24) is 25.2 Å². The molecule has 0 saturated carbocycles. The van der Waals surface area contributed by atoms with Gasteiger partial charge in [0.1, 0.15) is 0 Å². The van der Waals surface area contributed by atoms with Crippen molar-refractivity contribution in [2.75, 3.05) is 0 Å². The Hall–Kier alpha value is -1.73. The number of tetrazole rings is 1. The maximum atomic E-state index is 4.66. The molecule has 0 aliphatic heterocycles. The Morgan fingerprint density at radius 1 is 1.17 bits per heavy atom. The molecule has 0 atom stereocenters. The number of thioether (sulfide) groups is 1. The van der Waals surface area contributed by atoms with E-state index in [1.807, 2.05) is 0 Å². The summed E-state index contributed by atoms with van der Waals surface area (Å²) in [7, 11) is 0. The monoisotopic (exact) mass is 345 g/mol. The predicted octanol–water partition coefficient (Wildman–Crippen LogP) is 4.15. The van der Waals surface area contributed by atoms with E-state index in [1.165, 1.54) is 16.1 Å². The molecule has 0 N–H and O–H groups in total. The van der Waals surface area contributed by atoms with E-state index < -0.39 is 0 Å². The summed E-state index contributed by atoms with van der Waals surface area (Å²) in [6, 6.07) is 6.32. The standard InChI is InChI=1S/C16H19N5S2/c1-10(2)15-17-13(8-22-15)9-23-16-18-19-20-21(16)14-6-11(3)5-12(4)7-14/h5-8,10H,9H2,1-4H3. The van der Waals surface area contributed by atoms with Crippen molar-refractivity contribution < 1.29 is 0 Å². The van der Waals surface area contributed by atoms with Crippen LogP contribution in [-0.2, 0) is 5.75 Å². The molecule has 2 aromatic heterocycles. The molecule has 120 valence electrons. The smallest absolute Gasteiger partial charge is 0.214 e. The van der Waals surface area contributed by atoms with Crippen LogP contribution in [0.25, 0.3) is 5.69 Å². The van der Waals surface area contributed by atoms with Crippen LogP contribution in [0, 0.1) is 13.8 Å². The van der Waals surface area contributed by atoms with Crippen LogP contribution >= 0.6 is 23.1 Å². The number of aryl methyl sites for hydroxylation is 2. The third kappa shape index (κ3) is 3.79. The first kappa shape index (κ1) is 16.1. The highest BCUT2D eigenvalue weighted by atomic mass is 32.2. The average molecular weight is 345 g/mol. The van der Waals surface area contributed by atoms with E-state index >= 15 is 0 Å². The Bertz CT molecular complexity index is 786. The molecular weight excluding hydrogens is 326 g/mol. The highest BCUT2D eigenvalue weighted by molar-refractivity contribution is 7.98. The van der Waals surface area contributed by atoms with Gasteiger partial charge < -0.3 is 0 Å². The molecule has 3 rings (SSSR count). The van der Waals surface area contributed by atoms with Crippen LogP contribution in [0.1, 0.15) is 41.6 Å². The van der Waals surface area contributed by atoms with Gasteiger partial charge in [-0.2, -0.15) is 4.68 Å². The van der Waals surface area contributed by atoms with Gasteiger partial charge in [-0.25, -0.2) is 4.98 Å². The van der Waals surface area contributed by atoms with Crippen LogP contribution in [0.4, 0.5) is 0 Å². The number of thiazole rings is 1. The van der Waals surface area contributed by atoms with E-state index in [0.717, 1.165) is 22.3 Å². The Morgan fingerprint density at radius 2 is 1.91 bits per heavy atom. The number of rotatable bonds is 5. The largest absolute Gasteiger partial charge is 0.245 e. The minimum absolute atomic E-state index is 0.472. The summed E-state index contributed by atoms with van der Waals surface area (Å²) in [5, 5.41) is 16.2. The number of hydrogen-bond donors (Lipinski definition) is 0. The highest BCUT2D eigenvalue weighted by Crippen LogP contribution is 2.26. The van der Waals surface area contributed by atoms with Crippen LogP contribution < -0.4 is 0 Å². The lowest BCUT2D eigenvalue weighted by molar-refractivity contribution is 0.755. The zero-order valence-corrected chi connectivity index (χ0v) is 15.3. The van der Waals surface area contributed by atoms with Crippen LogP contribution in [0.5, 0.6) is 0 Å². The van der Waals surface area contributed by atoms with Gasteiger partial charge in [0.15, 0.2) is 0 Å². The molecule has 0 saturated heterocycles. The SMILES string of the molecule is Cc1cc(C)cc(-n2nnnc2SCc2csc(C(C)C)n2)c1. The summed E-state index contributed by atoms with van der Waals surface area (Å²) in [4.78, 5) is 4.66. The summed E-state index contributed by atoms with van der Waals surface area (Å²) >= 11 is 3.33. The summed E-state index contributed by atoms with van der Waals surface area (Å²) < 4.78 is 1.79. The third-order valence-electron chi connectivity index (χ3n) is 3.30. The van der Waals surface area contributed by atoms with Crippen molar-refractivity contribution in [3.8, 4) is 5.69 Å². The highest BCUT2D eigenvalue weighted by Gasteiger charge is 2.12. The van der Waals surface area contributed by atoms with E-state index in [-0.39, 0.29) is 0 Å². The van der Waals surface area contributed by atoms with E-state index in [9.17, 15) is 0 Å². The van der Waals surface area contributed by atoms with E-state index in [1.54, 1.807) is 27.8 Å². The van der Waals surface area contributed by atoms with Crippen molar-refractivity contribution in [2.45, 2.75) is 44.5 Å². The Morgan fingerprint density at radius 3 is 2.57 bits per heavy atom. The molecule has 0 unspecified atom stereocenters. The van der Waals surface area contributed by atoms with Crippen molar-refractivity contribution in [3.05, 3.63) is 45.4 Å². The van der Waals surface area contributed by atoms with Crippen LogP contribution in [0.2, 0.25) is 0 Å². The number of nitrogens with zero attached hydrogens (tertiary/aromatic N) is 5. The quantitative estimate of drug-likeness (QED) is 0.650. The van der Waals surface area contributed by atoms with Gasteiger partial charge in [-0.15, -0.1) is 16.4 Å². The van der Waals surface area contributed by atoms with Gasteiger partial charge in [0.2, 0.25) is 5.16 Å². The zero-order valence-electron chi connectivity index (χ0n) is 13.6. The lowest BCUT2D eigenvalue weighted by Gasteiger charge is -2.06. The zero-order chi connectivity index (χ0) is 16.4. The molecule has 0 bridgehead atoms. The van der Waals surface area contributed by atoms with E-state index in [2.05, 4.69) is 71.8 Å². The van der Waals surface area contributed by atoms with Gasteiger partial charge in [0, 0.05) is 17.1 Å². The normalized spacial score (nSPS) is 11.3. The molecule has 23 heavy (non-hydrogen) atoms. The lowest BCUT2D eigenvalue weighted by Crippen LogP contribution is -2.00. The number of benzene rings is 1. The average Bonchev–Trinajstić information content (AvgIpc) is 3.13. The molecule has 7 heteroatoms. The summed E-state index contributed by atoms with van der Waals surface area (Å²) in [6.07, 6.45) is 0. The molecule has 0 amide bonds. The van der Waals surface area contributed by atoms with Crippen molar-refractivity contribution >= 4 is 23.1 Å². The number of aromatic nitrogens is 5. The van der Waals surface area contributed by atoms with E-state index in [4.69, 9.17) is 0 Å². The maximum Gasteiger partial charge on any atom is 0.214 e. The predicted molar refractivity (Wildman–Crippen MR) is 94.4 cm³/mol. The minimum Gasteiger partial charge on any atom is -0.245 e. The van der Waals surface area contributed by atoms with Crippen LogP contribution in [0.15, 0.2) is 28.7 Å². The summed E-state index contributed by atoms with van der Waals surface area (Å²) in [5.41, 5.74) is 4.48. The molecule has 0 aliphatic carbocycles. The number of hydrogen-bond acceptors (Lipinski definition) is 6. The van der Waals surface area contributed by atoms with Gasteiger partial charge in [0.05, 0.1) is 16.4 Å².